The number of anilines is 2. The van der Waals surface area contributed by atoms with Crippen molar-refractivity contribution in [2.45, 2.75) is 13.0 Å². The zero-order valence-corrected chi connectivity index (χ0v) is 20.3. The Labute approximate surface area is 213 Å². The van der Waals surface area contributed by atoms with Crippen LogP contribution in [0.5, 0.6) is 11.5 Å². The fourth-order valence-electron chi connectivity index (χ4n) is 3.06. The molecule has 0 spiro atoms. The number of benzene rings is 2. The van der Waals surface area contributed by atoms with E-state index in [1.165, 1.54) is 12.3 Å². The molecule has 36 heavy (non-hydrogen) atoms. The van der Waals surface area contributed by atoms with Crippen LogP contribution in [0.3, 0.4) is 0 Å². The first kappa shape index (κ1) is 26.1. The Morgan fingerprint density at radius 2 is 1.86 bits per heavy atom. The largest absolute Gasteiger partial charge is 0.496 e. The Kier molecular flexibility index (Phi) is 9.73. The van der Waals surface area contributed by atoms with Gasteiger partial charge in [-0.25, -0.2) is 14.4 Å². The van der Waals surface area contributed by atoms with Crippen molar-refractivity contribution in [3.63, 3.8) is 0 Å². The van der Waals surface area contributed by atoms with Crippen molar-refractivity contribution in [1.29, 1.82) is 0 Å². The maximum absolute atomic E-state index is 12.4. The van der Waals surface area contributed by atoms with Crippen LogP contribution in [-0.4, -0.2) is 37.3 Å². The highest BCUT2D eigenvalue weighted by Gasteiger charge is 2.10. The number of rotatable bonds is 10. The lowest BCUT2D eigenvalue weighted by Crippen LogP contribution is -2.36. The fraction of sp³-hybridized carbons (Fsp3) is 0.200. The van der Waals surface area contributed by atoms with Gasteiger partial charge in [0, 0.05) is 29.9 Å². The summed E-state index contributed by atoms with van der Waals surface area (Å²) in [4.78, 5) is 31.7. The molecule has 1 heterocycles. The molecule has 10 nitrogen and oxygen atoms in total. The molecule has 0 radical (unpaired) electrons. The van der Waals surface area contributed by atoms with Gasteiger partial charge in [-0.15, -0.1) is 0 Å². The lowest BCUT2D eigenvalue weighted by atomic mass is 10.2. The van der Waals surface area contributed by atoms with Crippen molar-refractivity contribution in [2.75, 3.05) is 30.9 Å². The highest BCUT2D eigenvalue weighted by Crippen LogP contribution is 2.28. The Morgan fingerprint density at radius 3 is 2.61 bits per heavy atom. The lowest BCUT2D eigenvalue weighted by molar-refractivity contribution is 0.238. The number of hydrogen-bond acceptors (Lipinski definition) is 5. The first-order valence-electron chi connectivity index (χ1n) is 11.0. The Balaban J connectivity index is 1.43. The molecular formula is C25H25ClN6O4. The van der Waals surface area contributed by atoms with E-state index in [0.717, 1.165) is 5.56 Å². The molecule has 0 aliphatic carbocycles. The third-order valence-electron chi connectivity index (χ3n) is 4.80. The van der Waals surface area contributed by atoms with Crippen LogP contribution >= 0.6 is 11.6 Å². The minimum Gasteiger partial charge on any atom is -0.496 e. The second kappa shape index (κ2) is 13.4. The number of carbonyl (C=O) groups excluding carboxylic acids is 2. The highest BCUT2D eigenvalue weighted by atomic mass is 35.5. The van der Waals surface area contributed by atoms with E-state index in [2.05, 4.69) is 31.1 Å². The molecule has 0 atom stereocenters. The molecule has 11 heteroatoms. The average molecular weight is 509 g/mol. The van der Waals surface area contributed by atoms with Crippen LogP contribution in [0.25, 0.3) is 4.85 Å². The van der Waals surface area contributed by atoms with Crippen molar-refractivity contribution < 1.29 is 19.1 Å². The van der Waals surface area contributed by atoms with Crippen molar-refractivity contribution in [1.82, 2.24) is 15.6 Å². The number of ether oxygens (including phenoxy) is 2. The molecule has 0 saturated carbocycles. The first-order chi connectivity index (χ1) is 17.5. The summed E-state index contributed by atoms with van der Waals surface area (Å²) in [6, 6.07) is 14.6. The van der Waals surface area contributed by atoms with Crippen LogP contribution in [0.1, 0.15) is 12.0 Å². The maximum atomic E-state index is 12.4. The molecule has 0 fully saturated rings. The number of pyridine rings is 1. The SMILES string of the molecule is [C-]#[N+]c1ccc(NC(=O)Nc2cc(Cl)ccc2OCCCNC(=O)NCc2ccccc2OC)nc1. The van der Waals surface area contributed by atoms with Gasteiger partial charge in [0.2, 0.25) is 5.69 Å². The van der Waals surface area contributed by atoms with Gasteiger partial charge in [-0.1, -0.05) is 35.9 Å². The summed E-state index contributed by atoms with van der Waals surface area (Å²) in [5, 5.41) is 11.2. The van der Waals surface area contributed by atoms with Crippen molar-refractivity contribution in [2.24, 2.45) is 0 Å². The van der Waals surface area contributed by atoms with Gasteiger partial charge in [0.05, 0.1) is 26.0 Å². The first-order valence-corrected chi connectivity index (χ1v) is 11.3. The molecule has 0 unspecified atom stereocenters. The number of aromatic nitrogens is 1. The molecule has 4 N–H and O–H groups in total. The van der Waals surface area contributed by atoms with Gasteiger partial charge in [0.1, 0.15) is 17.3 Å². The number of hydrogen-bond donors (Lipinski definition) is 4. The second-order valence-corrected chi connectivity index (χ2v) is 7.79. The topological polar surface area (TPSA) is 118 Å². The number of para-hydroxylation sites is 1. The van der Waals surface area contributed by atoms with Crippen LogP contribution in [-0.2, 0) is 6.54 Å². The number of nitrogens with one attached hydrogen (secondary N) is 4. The Morgan fingerprint density at radius 1 is 1.03 bits per heavy atom. The molecule has 0 aliphatic rings. The molecule has 1 aromatic heterocycles. The van der Waals surface area contributed by atoms with Gasteiger partial charge in [0.15, 0.2) is 0 Å². The van der Waals surface area contributed by atoms with Gasteiger partial charge in [-0.3, -0.25) is 10.3 Å². The van der Waals surface area contributed by atoms with E-state index < -0.39 is 6.03 Å². The van der Waals surface area contributed by atoms with Gasteiger partial charge < -0.3 is 25.4 Å². The van der Waals surface area contributed by atoms with Gasteiger partial charge in [-0.2, -0.15) is 0 Å². The van der Waals surface area contributed by atoms with E-state index in [4.69, 9.17) is 27.6 Å². The lowest BCUT2D eigenvalue weighted by Gasteiger charge is -2.14. The zero-order valence-electron chi connectivity index (χ0n) is 19.5. The minimum absolute atomic E-state index is 0.291. The molecule has 0 bridgehead atoms. The average Bonchev–Trinajstić information content (AvgIpc) is 2.89. The Hall–Kier alpha value is -4.49. The molecule has 0 saturated heterocycles. The van der Waals surface area contributed by atoms with Gasteiger partial charge in [0.25, 0.3) is 0 Å². The second-order valence-electron chi connectivity index (χ2n) is 7.36. The standard InChI is InChI=1S/C25H25ClN6O4/c1-27-19-9-11-23(29-16-19)32-25(34)31-20-14-18(26)8-10-22(20)36-13-5-12-28-24(33)30-15-17-6-3-4-7-21(17)35-2/h3-4,6-11,14,16H,5,12-13,15H2,2H3,(H2,28,30,33)(H2,29,31,32,34). The minimum atomic E-state index is -0.543. The normalized spacial score (nSPS) is 10.0. The molecular weight excluding hydrogens is 484 g/mol. The van der Waals surface area contributed by atoms with Gasteiger partial charge in [-0.05, 0) is 36.8 Å². The number of amides is 4. The van der Waals surface area contributed by atoms with Crippen molar-refractivity contribution in [3.05, 3.63) is 82.8 Å². The van der Waals surface area contributed by atoms with Crippen LogP contribution < -0.4 is 30.7 Å². The summed E-state index contributed by atoms with van der Waals surface area (Å²) in [6.45, 7) is 7.97. The fourth-order valence-corrected chi connectivity index (χ4v) is 3.24. The van der Waals surface area contributed by atoms with Crippen LogP contribution in [0, 0.1) is 6.57 Å². The van der Waals surface area contributed by atoms with Crippen molar-refractivity contribution >= 4 is 40.9 Å². The molecule has 186 valence electrons. The monoisotopic (exact) mass is 508 g/mol. The van der Waals surface area contributed by atoms with E-state index in [1.807, 2.05) is 24.3 Å². The molecule has 4 amide bonds. The van der Waals surface area contributed by atoms with Gasteiger partial charge >= 0.3 is 12.1 Å². The Bertz CT molecular complexity index is 1230. The molecule has 3 aromatic rings. The smallest absolute Gasteiger partial charge is 0.324 e. The predicted octanol–water partition coefficient (Wildman–Crippen LogP) is 5.21. The molecule has 0 aliphatic heterocycles. The van der Waals surface area contributed by atoms with Crippen LogP contribution in [0.2, 0.25) is 5.02 Å². The third kappa shape index (κ3) is 8.07. The van der Waals surface area contributed by atoms with E-state index in [0.29, 0.717) is 59.8 Å². The molecule has 2 aromatic carbocycles. The quantitative estimate of drug-likeness (QED) is 0.221. The van der Waals surface area contributed by atoms with E-state index in [-0.39, 0.29) is 6.03 Å². The predicted molar refractivity (Wildman–Crippen MR) is 138 cm³/mol. The summed E-state index contributed by atoms with van der Waals surface area (Å²) in [5.41, 5.74) is 1.62. The van der Waals surface area contributed by atoms with E-state index in [1.54, 1.807) is 31.4 Å². The highest BCUT2D eigenvalue weighted by molar-refractivity contribution is 6.31. The van der Waals surface area contributed by atoms with E-state index >= 15 is 0 Å². The maximum Gasteiger partial charge on any atom is 0.324 e. The summed E-state index contributed by atoms with van der Waals surface area (Å²) >= 11 is 6.08. The third-order valence-corrected chi connectivity index (χ3v) is 5.04. The van der Waals surface area contributed by atoms with Crippen LogP contribution in [0.15, 0.2) is 60.8 Å². The number of nitrogens with zero attached hydrogens (tertiary/aromatic N) is 2. The number of urea groups is 2. The number of carbonyl (C=O) groups is 2. The van der Waals surface area contributed by atoms with E-state index in [9.17, 15) is 9.59 Å². The number of halogens is 1. The summed E-state index contributed by atoms with van der Waals surface area (Å²) < 4.78 is 11.0. The summed E-state index contributed by atoms with van der Waals surface area (Å²) in [5.74, 6) is 1.42. The number of methoxy groups -OCH3 is 1. The zero-order chi connectivity index (χ0) is 25.8. The summed E-state index contributed by atoms with van der Waals surface area (Å²) in [7, 11) is 1.58. The van der Waals surface area contributed by atoms with Crippen LogP contribution in [0.4, 0.5) is 26.8 Å². The molecule has 3 rings (SSSR count). The van der Waals surface area contributed by atoms with Crippen molar-refractivity contribution in [3.8, 4) is 11.5 Å². The summed E-state index contributed by atoms with van der Waals surface area (Å²) in [6.07, 6.45) is 1.90.